The lowest BCUT2D eigenvalue weighted by Gasteiger charge is -2.10. The molecule has 0 aliphatic carbocycles. The van der Waals surface area contributed by atoms with E-state index in [1.807, 2.05) is 6.92 Å². The van der Waals surface area contributed by atoms with Crippen LogP contribution in [-0.2, 0) is 11.2 Å². The summed E-state index contributed by atoms with van der Waals surface area (Å²) < 4.78 is 13.6. The highest BCUT2D eigenvalue weighted by Crippen LogP contribution is 2.23. The Morgan fingerprint density at radius 2 is 2.33 bits per heavy atom. The minimum atomic E-state index is -0.570. The normalized spacial score (nSPS) is 12.2. The molecule has 0 radical (unpaired) electrons. The topological polar surface area (TPSA) is 70.7 Å². The predicted octanol–water partition coefficient (Wildman–Crippen LogP) is 3.28. The number of nitrogens with zero attached hydrogens (tertiary/aromatic N) is 2. The van der Waals surface area contributed by atoms with Crippen molar-refractivity contribution in [3.8, 4) is 0 Å². The Bertz CT molecular complexity index is 649. The van der Waals surface area contributed by atoms with Crippen LogP contribution in [0.15, 0.2) is 23.4 Å². The third-order valence-corrected chi connectivity index (χ3v) is 3.88. The van der Waals surface area contributed by atoms with Gasteiger partial charge in [-0.2, -0.15) is 0 Å². The molecule has 0 spiro atoms. The van der Waals surface area contributed by atoms with E-state index in [0.717, 1.165) is 18.3 Å². The van der Waals surface area contributed by atoms with Crippen molar-refractivity contribution in [3.05, 3.63) is 34.9 Å². The smallest absolute Gasteiger partial charge is 0.237 e. The number of benzene rings is 1. The van der Waals surface area contributed by atoms with Crippen molar-refractivity contribution in [3.63, 3.8) is 0 Å². The molecule has 1 aromatic carbocycles. The molecule has 1 amide bonds. The SMILES string of the molecule is CCc1nc(SC(C)C(=O)Nc2ccc(Cl)cc2F)n[nH]1. The van der Waals surface area contributed by atoms with Crippen LogP contribution in [0.3, 0.4) is 0 Å². The van der Waals surface area contributed by atoms with Gasteiger partial charge in [0.1, 0.15) is 11.6 Å². The van der Waals surface area contributed by atoms with E-state index in [1.54, 1.807) is 6.92 Å². The Balaban J connectivity index is 1.99. The zero-order chi connectivity index (χ0) is 15.4. The first kappa shape index (κ1) is 15.8. The summed E-state index contributed by atoms with van der Waals surface area (Å²) in [6, 6.07) is 4.09. The molecule has 0 saturated carbocycles. The molecule has 1 atom stereocenters. The molecule has 5 nitrogen and oxygen atoms in total. The number of H-pyrrole nitrogens is 1. The number of carbonyl (C=O) groups excluding carboxylic acids is 1. The number of aromatic nitrogens is 3. The Morgan fingerprint density at radius 1 is 1.57 bits per heavy atom. The van der Waals surface area contributed by atoms with Gasteiger partial charge in [-0.15, -0.1) is 5.10 Å². The van der Waals surface area contributed by atoms with Gasteiger partial charge in [-0.1, -0.05) is 30.3 Å². The summed E-state index contributed by atoms with van der Waals surface area (Å²) >= 11 is 6.86. The fourth-order valence-corrected chi connectivity index (χ4v) is 2.43. The van der Waals surface area contributed by atoms with Crippen LogP contribution >= 0.6 is 23.4 Å². The summed E-state index contributed by atoms with van der Waals surface area (Å²) in [7, 11) is 0. The van der Waals surface area contributed by atoms with E-state index in [9.17, 15) is 9.18 Å². The summed E-state index contributed by atoms with van der Waals surface area (Å²) in [6.07, 6.45) is 0.740. The largest absolute Gasteiger partial charge is 0.323 e. The average molecular weight is 329 g/mol. The van der Waals surface area contributed by atoms with Gasteiger partial charge in [0.2, 0.25) is 11.1 Å². The molecule has 0 aliphatic heterocycles. The number of carbonyl (C=O) groups is 1. The minimum Gasteiger partial charge on any atom is -0.323 e. The minimum absolute atomic E-state index is 0.0982. The van der Waals surface area contributed by atoms with E-state index < -0.39 is 11.1 Å². The first-order valence-electron chi connectivity index (χ1n) is 6.33. The van der Waals surface area contributed by atoms with E-state index >= 15 is 0 Å². The van der Waals surface area contributed by atoms with Crippen LogP contribution in [0.4, 0.5) is 10.1 Å². The Hall–Kier alpha value is -1.60. The molecule has 21 heavy (non-hydrogen) atoms. The van der Waals surface area contributed by atoms with E-state index in [-0.39, 0.29) is 16.6 Å². The van der Waals surface area contributed by atoms with Crippen LogP contribution in [0.1, 0.15) is 19.7 Å². The van der Waals surface area contributed by atoms with Crippen molar-refractivity contribution in [1.29, 1.82) is 0 Å². The van der Waals surface area contributed by atoms with Gasteiger partial charge in [0.25, 0.3) is 0 Å². The maximum Gasteiger partial charge on any atom is 0.237 e. The molecule has 1 heterocycles. The number of aromatic amines is 1. The molecule has 1 unspecified atom stereocenters. The Morgan fingerprint density at radius 3 is 2.95 bits per heavy atom. The van der Waals surface area contributed by atoms with Crippen LogP contribution in [0.2, 0.25) is 5.02 Å². The summed E-state index contributed by atoms with van der Waals surface area (Å²) in [5.41, 5.74) is 0.0982. The molecule has 112 valence electrons. The number of aryl methyl sites for hydroxylation is 1. The summed E-state index contributed by atoms with van der Waals surface area (Å²) in [5.74, 6) is -0.142. The van der Waals surface area contributed by atoms with Crippen molar-refractivity contribution >= 4 is 35.0 Å². The molecule has 2 N–H and O–H groups in total. The third kappa shape index (κ3) is 4.18. The molecular formula is C13H14ClFN4OS. The Labute approximate surface area is 130 Å². The standard InChI is InChI=1S/C13H14ClFN4OS/c1-3-11-17-13(19-18-11)21-7(2)12(20)16-10-5-4-8(14)6-9(10)15/h4-7H,3H2,1-2H3,(H,16,20)(H,17,18,19). The van der Waals surface area contributed by atoms with Gasteiger partial charge in [0.05, 0.1) is 10.9 Å². The van der Waals surface area contributed by atoms with Gasteiger partial charge >= 0.3 is 0 Å². The second kappa shape index (κ2) is 6.91. The summed E-state index contributed by atoms with van der Waals surface area (Å²) in [6.45, 7) is 3.66. The predicted molar refractivity (Wildman–Crippen MR) is 81.1 cm³/mol. The monoisotopic (exact) mass is 328 g/mol. The summed E-state index contributed by atoms with van der Waals surface area (Å²) in [5, 5.41) is 9.61. The molecule has 1 aromatic heterocycles. The molecule has 0 aliphatic rings. The second-order valence-electron chi connectivity index (χ2n) is 4.29. The van der Waals surface area contributed by atoms with Crippen LogP contribution in [0.5, 0.6) is 0 Å². The molecule has 0 saturated heterocycles. The molecule has 2 rings (SSSR count). The number of halogens is 2. The maximum atomic E-state index is 13.6. The fraction of sp³-hybridized carbons (Fsp3) is 0.308. The molecule has 8 heteroatoms. The first-order chi connectivity index (χ1) is 9.99. The van der Waals surface area contributed by atoms with Gasteiger partial charge in [-0.3, -0.25) is 9.89 Å². The van der Waals surface area contributed by atoms with E-state index in [0.29, 0.717) is 5.16 Å². The Kier molecular flexibility index (Phi) is 5.19. The van der Waals surface area contributed by atoms with Crippen molar-refractivity contribution in [2.45, 2.75) is 30.7 Å². The van der Waals surface area contributed by atoms with Gasteiger partial charge in [0.15, 0.2) is 0 Å². The van der Waals surface area contributed by atoms with E-state index in [1.165, 1.54) is 23.9 Å². The highest BCUT2D eigenvalue weighted by Gasteiger charge is 2.18. The molecule has 2 aromatic rings. The maximum absolute atomic E-state index is 13.6. The van der Waals surface area contributed by atoms with Crippen LogP contribution in [0.25, 0.3) is 0 Å². The lowest BCUT2D eigenvalue weighted by atomic mass is 10.3. The molecule has 0 bridgehead atoms. The van der Waals surface area contributed by atoms with Gasteiger partial charge < -0.3 is 5.32 Å². The number of nitrogens with one attached hydrogen (secondary N) is 2. The number of anilines is 1. The number of amides is 1. The first-order valence-corrected chi connectivity index (χ1v) is 7.59. The highest BCUT2D eigenvalue weighted by molar-refractivity contribution is 8.00. The van der Waals surface area contributed by atoms with Crippen molar-refractivity contribution in [2.75, 3.05) is 5.32 Å². The van der Waals surface area contributed by atoms with Crippen molar-refractivity contribution in [2.24, 2.45) is 0 Å². The van der Waals surface area contributed by atoms with Gasteiger partial charge in [-0.25, -0.2) is 9.37 Å². The number of rotatable bonds is 5. The number of thioether (sulfide) groups is 1. The molecule has 0 fully saturated rings. The highest BCUT2D eigenvalue weighted by atomic mass is 35.5. The van der Waals surface area contributed by atoms with Crippen molar-refractivity contribution in [1.82, 2.24) is 15.2 Å². The van der Waals surface area contributed by atoms with Gasteiger partial charge in [-0.05, 0) is 25.1 Å². The number of hydrogen-bond donors (Lipinski definition) is 2. The molecular weight excluding hydrogens is 315 g/mol. The van der Waals surface area contributed by atoms with Crippen LogP contribution < -0.4 is 5.32 Å². The fourth-order valence-electron chi connectivity index (χ4n) is 1.53. The lowest BCUT2D eigenvalue weighted by molar-refractivity contribution is -0.115. The zero-order valence-corrected chi connectivity index (χ0v) is 13.1. The third-order valence-electron chi connectivity index (χ3n) is 2.69. The van der Waals surface area contributed by atoms with Crippen molar-refractivity contribution < 1.29 is 9.18 Å². The number of hydrogen-bond acceptors (Lipinski definition) is 4. The lowest BCUT2D eigenvalue weighted by Crippen LogP contribution is -2.23. The summed E-state index contributed by atoms with van der Waals surface area (Å²) in [4.78, 5) is 16.2. The average Bonchev–Trinajstić information content (AvgIpc) is 2.89. The second-order valence-corrected chi connectivity index (χ2v) is 6.04. The van der Waals surface area contributed by atoms with Crippen LogP contribution in [0, 0.1) is 5.82 Å². The van der Waals surface area contributed by atoms with E-state index in [2.05, 4.69) is 20.5 Å². The van der Waals surface area contributed by atoms with E-state index in [4.69, 9.17) is 11.6 Å². The quantitative estimate of drug-likeness (QED) is 0.826. The van der Waals surface area contributed by atoms with Crippen LogP contribution in [-0.4, -0.2) is 26.3 Å². The van der Waals surface area contributed by atoms with Gasteiger partial charge in [0, 0.05) is 11.4 Å². The zero-order valence-electron chi connectivity index (χ0n) is 11.5.